The average Bonchev–Trinajstić information content (AvgIpc) is 2.63. The molecule has 1 atom stereocenters. The van der Waals surface area contributed by atoms with Crippen molar-refractivity contribution < 1.29 is 18.3 Å². The molecule has 26 heavy (non-hydrogen) atoms. The summed E-state index contributed by atoms with van der Waals surface area (Å²) in [6, 6.07) is 7.91. The van der Waals surface area contributed by atoms with E-state index in [0.717, 1.165) is 38.2 Å². The molecule has 2 aromatic carbocycles. The Morgan fingerprint density at radius 1 is 1.19 bits per heavy atom. The summed E-state index contributed by atoms with van der Waals surface area (Å²) in [5.41, 5.74) is 5.36. The standard InChI is InChI=1S/C18H19FN2O4S/c19-12-5-4-8-14(9-12)26(24)18-10-15(20)16(21(22)23)11-17(18)25-13-6-2-1-3-7-13/h4-5,8-11,13H,1-3,6-7,20H2. The number of nitro groups is 1. The Bertz CT molecular complexity index is 853. The highest BCUT2D eigenvalue weighted by Crippen LogP contribution is 2.37. The van der Waals surface area contributed by atoms with E-state index in [1.807, 2.05) is 0 Å². The van der Waals surface area contributed by atoms with E-state index in [2.05, 4.69) is 0 Å². The average molecular weight is 378 g/mol. The summed E-state index contributed by atoms with van der Waals surface area (Å²) in [5, 5.41) is 11.2. The quantitative estimate of drug-likeness (QED) is 0.478. The van der Waals surface area contributed by atoms with Crippen molar-refractivity contribution in [2.75, 3.05) is 5.73 Å². The number of nitrogen functional groups attached to an aromatic ring is 1. The fourth-order valence-electron chi connectivity index (χ4n) is 3.03. The van der Waals surface area contributed by atoms with Gasteiger partial charge in [-0.15, -0.1) is 0 Å². The molecule has 138 valence electrons. The second-order valence-corrected chi connectivity index (χ2v) is 7.67. The molecule has 2 aromatic rings. The predicted octanol–water partition coefficient (Wildman–Crippen LogP) is 4.19. The topological polar surface area (TPSA) is 95.5 Å². The van der Waals surface area contributed by atoms with Crippen LogP contribution in [0.25, 0.3) is 0 Å². The predicted molar refractivity (Wildman–Crippen MR) is 96.1 cm³/mol. The van der Waals surface area contributed by atoms with Gasteiger partial charge in [0.25, 0.3) is 5.69 Å². The van der Waals surface area contributed by atoms with Gasteiger partial charge in [-0.25, -0.2) is 8.60 Å². The van der Waals surface area contributed by atoms with Gasteiger partial charge < -0.3 is 10.5 Å². The molecule has 0 spiro atoms. The van der Waals surface area contributed by atoms with E-state index < -0.39 is 21.5 Å². The number of nitrogens with two attached hydrogens (primary N) is 1. The van der Waals surface area contributed by atoms with E-state index in [4.69, 9.17) is 10.5 Å². The lowest BCUT2D eigenvalue weighted by Gasteiger charge is -2.24. The molecule has 1 unspecified atom stereocenters. The molecule has 0 bridgehead atoms. The van der Waals surface area contributed by atoms with Crippen LogP contribution in [-0.4, -0.2) is 15.2 Å². The third kappa shape index (κ3) is 4.01. The monoisotopic (exact) mass is 378 g/mol. The summed E-state index contributed by atoms with van der Waals surface area (Å²) in [4.78, 5) is 11.1. The zero-order valence-corrected chi connectivity index (χ0v) is 14.8. The Morgan fingerprint density at radius 3 is 2.58 bits per heavy atom. The summed E-state index contributed by atoms with van der Waals surface area (Å²) < 4.78 is 32.4. The zero-order valence-electron chi connectivity index (χ0n) is 14.0. The lowest BCUT2D eigenvalue weighted by atomic mass is 9.98. The largest absolute Gasteiger partial charge is 0.489 e. The summed E-state index contributed by atoms with van der Waals surface area (Å²) >= 11 is 0. The Labute approximate surface area is 152 Å². The Kier molecular flexibility index (Phi) is 5.51. The number of hydrogen-bond acceptors (Lipinski definition) is 5. The second-order valence-electron chi connectivity index (χ2n) is 6.22. The third-order valence-electron chi connectivity index (χ3n) is 4.35. The number of hydrogen-bond donors (Lipinski definition) is 1. The molecule has 1 aliphatic carbocycles. The minimum Gasteiger partial charge on any atom is -0.489 e. The van der Waals surface area contributed by atoms with Crippen LogP contribution in [0.15, 0.2) is 46.2 Å². The number of benzene rings is 2. The molecule has 1 fully saturated rings. The highest BCUT2D eigenvalue weighted by Gasteiger charge is 2.24. The fourth-order valence-corrected chi connectivity index (χ4v) is 4.23. The molecular formula is C18H19FN2O4S. The number of anilines is 1. The minimum absolute atomic E-state index is 0.0877. The van der Waals surface area contributed by atoms with Gasteiger partial charge in [0, 0.05) is 4.90 Å². The van der Waals surface area contributed by atoms with Crippen LogP contribution in [0, 0.1) is 15.9 Å². The van der Waals surface area contributed by atoms with Crippen LogP contribution in [0.2, 0.25) is 0 Å². The van der Waals surface area contributed by atoms with Crippen molar-refractivity contribution in [2.45, 2.75) is 48.0 Å². The first kappa shape index (κ1) is 18.3. The van der Waals surface area contributed by atoms with Crippen molar-refractivity contribution in [2.24, 2.45) is 0 Å². The summed E-state index contributed by atoms with van der Waals surface area (Å²) in [6.45, 7) is 0. The molecule has 0 aliphatic heterocycles. The van der Waals surface area contributed by atoms with E-state index in [0.29, 0.717) is 0 Å². The Balaban J connectivity index is 2.02. The van der Waals surface area contributed by atoms with Crippen LogP contribution in [0.1, 0.15) is 32.1 Å². The normalized spacial score (nSPS) is 16.2. The lowest BCUT2D eigenvalue weighted by Crippen LogP contribution is -2.20. The first-order valence-corrected chi connectivity index (χ1v) is 9.52. The maximum Gasteiger partial charge on any atom is 0.295 e. The summed E-state index contributed by atoms with van der Waals surface area (Å²) in [7, 11) is -1.77. The number of halogens is 1. The van der Waals surface area contributed by atoms with Gasteiger partial charge in [-0.05, 0) is 49.9 Å². The zero-order chi connectivity index (χ0) is 18.7. The maximum atomic E-state index is 13.5. The molecule has 0 amide bonds. The molecule has 8 heteroatoms. The van der Waals surface area contributed by atoms with Crippen LogP contribution in [-0.2, 0) is 10.8 Å². The third-order valence-corrected chi connectivity index (χ3v) is 5.75. The fraction of sp³-hybridized carbons (Fsp3) is 0.333. The van der Waals surface area contributed by atoms with E-state index in [1.165, 1.54) is 30.3 Å². The number of nitrogens with zero attached hydrogens (tertiary/aromatic N) is 1. The maximum absolute atomic E-state index is 13.5. The van der Waals surface area contributed by atoms with Crippen molar-refractivity contribution in [1.29, 1.82) is 0 Å². The molecule has 6 nitrogen and oxygen atoms in total. The lowest BCUT2D eigenvalue weighted by molar-refractivity contribution is -0.384. The van der Waals surface area contributed by atoms with Gasteiger partial charge in [-0.3, -0.25) is 10.1 Å². The van der Waals surface area contributed by atoms with Crippen LogP contribution >= 0.6 is 0 Å². The van der Waals surface area contributed by atoms with Crippen LogP contribution in [0.4, 0.5) is 15.8 Å². The summed E-state index contributed by atoms with van der Waals surface area (Å²) in [6.07, 6.45) is 4.75. The van der Waals surface area contributed by atoms with E-state index in [9.17, 15) is 18.7 Å². The number of rotatable bonds is 5. The highest BCUT2D eigenvalue weighted by atomic mass is 32.2. The van der Waals surface area contributed by atoms with Crippen LogP contribution in [0.5, 0.6) is 5.75 Å². The van der Waals surface area contributed by atoms with Crippen molar-refractivity contribution in [3.63, 3.8) is 0 Å². The molecule has 1 saturated carbocycles. The molecule has 0 radical (unpaired) electrons. The number of ether oxygens (including phenoxy) is 1. The van der Waals surface area contributed by atoms with Gasteiger partial charge >= 0.3 is 0 Å². The SMILES string of the molecule is Nc1cc(S(=O)c2cccc(F)c2)c(OC2CCCCC2)cc1[N+](=O)[O-]. The van der Waals surface area contributed by atoms with E-state index in [1.54, 1.807) is 0 Å². The van der Waals surface area contributed by atoms with Crippen molar-refractivity contribution in [1.82, 2.24) is 0 Å². The molecule has 3 rings (SSSR count). The van der Waals surface area contributed by atoms with Gasteiger partial charge in [0.15, 0.2) is 0 Å². The van der Waals surface area contributed by atoms with Crippen molar-refractivity contribution in [3.8, 4) is 5.75 Å². The Morgan fingerprint density at radius 2 is 1.92 bits per heavy atom. The smallest absolute Gasteiger partial charge is 0.295 e. The molecule has 0 saturated heterocycles. The van der Waals surface area contributed by atoms with Crippen LogP contribution in [0.3, 0.4) is 0 Å². The molecule has 2 N–H and O–H groups in total. The van der Waals surface area contributed by atoms with E-state index >= 15 is 0 Å². The van der Waals surface area contributed by atoms with Gasteiger partial charge in [-0.2, -0.15) is 0 Å². The highest BCUT2D eigenvalue weighted by molar-refractivity contribution is 7.85. The van der Waals surface area contributed by atoms with Crippen molar-refractivity contribution in [3.05, 3.63) is 52.3 Å². The summed E-state index contributed by atoms with van der Waals surface area (Å²) in [5.74, 6) is -0.346. The van der Waals surface area contributed by atoms with Gasteiger partial charge in [0.2, 0.25) is 0 Å². The van der Waals surface area contributed by atoms with Gasteiger partial charge in [0.1, 0.15) is 17.3 Å². The molecular weight excluding hydrogens is 359 g/mol. The van der Waals surface area contributed by atoms with Crippen LogP contribution < -0.4 is 10.5 Å². The first-order chi connectivity index (χ1) is 12.5. The first-order valence-electron chi connectivity index (χ1n) is 8.37. The van der Waals surface area contributed by atoms with Gasteiger partial charge in [-0.1, -0.05) is 12.5 Å². The molecule has 0 heterocycles. The van der Waals surface area contributed by atoms with Crippen molar-refractivity contribution >= 4 is 22.2 Å². The van der Waals surface area contributed by atoms with E-state index in [-0.39, 0.29) is 33.0 Å². The second kappa shape index (κ2) is 7.82. The minimum atomic E-state index is -1.77. The van der Waals surface area contributed by atoms with Gasteiger partial charge in [0.05, 0.1) is 32.8 Å². The molecule has 1 aliphatic rings. The Hall–Kier alpha value is -2.48. The number of nitro benzene ring substituents is 1. The molecule has 0 aromatic heterocycles.